The van der Waals surface area contributed by atoms with Crippen molar-refractivity contribution in [1.82, 2.24) is 15.2 Å². The Bertz CT molecular complexity index is 847. The van der Waals surface area contributed by atoms with Crippen LogP contribution < -0.4 is 10.2 Å². The van der Waals surface area contributed by atoms with E-state index in [4.69, 9.17) is 5.21 Å². The zero-order chi connectivity index (χ0) is 16.9. The standard InChI is InChI=1S/C18H17N3O2S/c1-12(13-5-7-14(8-6-13)18(22)20-23)21-24-17-4-2-3-15-11-19-10-9-16(15)17/h2-12,21,23H,1H3,(H,20,22). The van der Waals surface area contributed by atoms with Crippen molar-refractivity contribution in [3.63, 3.8) is 0 Å². The average molecular weight is 339 g/mol. The van der Waals surface area contributed by atoms with Crippen LogP contribution in [0.5, 0.6) is 0 Å². The van der Waals surface area contributed by atoms with Crippen LogP contribution in [0.2, 0.25) is 0 Å². The van der Waals surface area contributed by atoms with E-state index in [1.807, 2.05) is 36.5 Å². The fourth-order valence-corrected chi connectivity index (χ4v) is 3.27. The molecule has 0 saturated heterocycles. The molecule has 122 valence electrons. The number of benzene rings is 2. The molecule has 0 aliphatic rings. The highest BCUT2D eigenvalue weighted by Crippen LogP contribution is 2.27. The minimum atomic E-state index is -0.513. The van der Waals surface area contributed by atoms with Crippen molar-refractivity contribution in [1.29, 1.82) is 0 Å². The van der Waals surface area contributed by atoms with Crippen LogP contribution in [0, 0.1) is 0 Å². The van der Waals surface area contributed by atoms with Gasteiger partial charge in [0, 0.05) is 34.3 Å². The van der Waals surface area contributed by atoms with Crippen LogP contribution in [0.15, 0.2) is 65.8 Å². The number of fused-ring (bicyclic) bond motifs is 1. The lowest BCUT2D eigenvalue weighted by molar-refractivity contribution is 0.0706. The van der Waals surface area contributed by atoms with Gasteiger partial charge < -0.3 is 0 Å². The lowest BCUT2D eigenvalue weighted by Crippen LogP contribution is -2.18. The van der Waals surface area contributed by atoms with E-state index in [-0.39, 0.29) is 6.04 Å². The van der Waals surface area contributed by atoms with Gasteiger partial charge in [-0.2, -0.15) is 0 Å². The van der Waals surface area contributed by atoms with Gasteiger partial charge in [-0.1, -0.05) is 24.3 Å². The number of amides is 1. The van der Waals surface area contributed by atoms with Crippen LogP contribution in [0.3, 0.4) is 0 Å². The van der Waals surface area contributed by atoms with Gasteiger partial charge >= 0.3 is 0 Å². The summed E-state index contributed by atoms with van der Waals surface area (Å²) < 4.78 is 3.42. The summed E-state index contributed by atoms with van der Waals surface area (Å²) in [4.78, 5) is 16.6. The Morgan fingerprint density at radius 3 is 2.71 bits per heavy atom. The van der Waals surface area contributed by atoms with Gasteiger partial charge in [-0.15, -0.1) is 0 Å². The normalized spacial score (nSPS) is 12.1. The number of aromatic nitrogens is 1. The molecule has 0 aliphatic carbocycles. The van der Waals surface area contributed by atoms with Gasteiger partial charge in [0.25, 0.3) is 5.91 Å². The summed E-state index contributed by atoms with van der Waals surface area (Å²) >= 11 is 1.57. The molecule has 0 fully saturated rings. The van der Waals surface area contributed by atoms with Gasteiger partial charge in [0.05, 0.1) is 0 Å². The van der Waals surface area contributed by atoms with Crippen molar-refractivity contribution in [3.05, 3.63) is 72.1 Å². The molecule has 24 heavy (non-hydrogen) atoms. The van der Waals surface area contributed by atoms with Gasteiger partial charge in [-0.25, -0.2) is 5.48 Å². The largest absolute Gasteiger partial charge is 0.288 e. The maximum absolute atomic E-state index is 11.3. The van der Waals surface area contributed by atoms with Crippen molar-refractivity contribution in [2.24, 2.45) is 0 Å². The molecule has 0 aliphatic heterocycles. The molecule has 5 nitrogen and oxygen atoms in total. The van der Waals surface area contributed by atoms with Crippen LogP contribution in [-0.4, -0.2) is 16.1 Å². The van der Waals surface area contributed by atoms with Crippen molar-refractivity contribution < 1.29 is 10.0 Å². The third-order valence-electron chi connectivity index (χ3n) is 3.76. The smallest absolute Gasteiger partial charge is 0.274 e. The molecule has 6 heteroatoms. The quantitative estimate of drug-likeness (QED) is 0.375. The number of hydrogen-bond acceptors (Lipinski definition) is 5. The van der Waals surface area contributed by atoms with Crippen molar-refractivity contribution >= 4 is 28.6 Å². The van der Waals surface area contributed by atoms with Crippen molar-refractivity contribution in [3.8, 4) is 0 Å². The first-order chi connectivity index (χ1) is 11.7. The number of rotatable bonds is 5. The number of nitrogens with one attached hydrogen (secondary N) is 2. The molecule has 0 spiro atoms. The Morgan fingerprint density at radius 2 is 1.96 bits per heavy atom. The first-order valence-electron chi connectivity index (χ1n) is 7.48. The van der Waals surface area contributed by atoms with E-state index in [2.05, 4.69) is 22.7 Å². The van der Waals surface area contributed by atoms with E-state index in [0.717, 1.165) is 21.2 Å². The van der Waals surface area contributed by atoms with Gasteiger partial charge in [0.1, 0.15) is 0 Å². The van der Waals surface area contributed by atoms with Crippen LogP contribution in [0.25, 0.3) is 10.8 Å². The van der Waals surface area contributed by atoms with Gasteiger partial charge in [-0.05, 0) is 54.1 Å². The number of hydrogen-bond donors (Lipinski definition) is 3. The number of carbonyl (C=O) groups excluding carboxylic acids is 1. The Hall–Kier alpha value is -2.41. The SMILES string of the molecule is CC(NSc1cccc2cnccc12)c1ccc(C(=O)NO)cc1. The van der Waals surface area contributed by atoms with E-state index >= 15 is 0 Å². The lowest BCUT2D eigenvalue weighted by atomic mass is 10.1. The number of hydroxylamine groups is 1. The molecule has 3 N–H and O–H groups in total. The highest BCUT2D eigenvalue weighted by Gasteiger charge is 2.09. The summed E-state index contributed by atoms with van der Waals surface area (Å²) in [7, 11) is 0. The van der Waals surface area contributed by atoms with Gasteiger partial charge in [-0.3, -0.25) is 19.7 Å². The second-order valence-corrected chi connectivity index (χ2v) is 6.24. The predicted molar refractivity (Wildman–Crippen MR) is 94.8 cm³/mol. The second kappa shape index (κ2) is 7.44. The Labute approximate surface area is 144 Å². The summed E-state index contributed by atoms with van der Waals surface area (Å²) in [5.74, 6) is -0.513. The third kappa shape index (κ3) is 3.56. The molecule has 1 heterocycles. The topological polar surface area (TPSA) is 74.2 Å². The maximum Gasteiger partial charge on any atom is 0.274 e. The Kier molecular flexibility index (Phi) is 5.10. The van der Waals surface area contributed by atoms with Crippen LogP contribution >= 0.6 is 11.9 Å². The number of pyridine rings is 1. The fraction of sp³-hybridized carbons (Fsp3) is 0.111. The first kappa shape index (κ1) is 16.4. The predicted octanol–water partition coefficient (Wildman–Crippen LogP) is 3.71. The summed E-state index contributed by atoms with van der Waals surface area (Å²) in [6.07, 6.45) is 3.65. The Morgan fingerprint density at radius 1 is 1.17 bits per heavy atom. The van der Waals surface area contributed by atoms with E-state index in [1.54, 1.807) is 35.8 Å². The molecule has 0 saturated carbocycles. The molecule has 3 rings (SSSR count). The summed E-state index contributed by atoms with van der Waals surface area (Å²) in [5.41, 5.74) is 3.10. The monoisotopic (exact) mass is 339 g/mol. The van der Waals surface area contributed by atoms with E-state index in [0.29, 0.717) is 5.56 Å². The lowest BCUT2D eigenvalue weighted by Gasteiger charge is -2.15. The fourth-order valence-electron chi connectivity index (χ4n) is 2.39. The first-order valence-corrected chi connectivity index (χ1v) is 8.30. The van der Waals surface area contributed by atoms with Gasteiger partial charge in [0.2, 0.25) is 0 Å². The molecule has 1 amide bonds. The van der Waals surface area contributed by atoms with E-state index in [9.17, 15) is 4.79 Å². The minimum absolute atomic E-state index is 0.0957. The van der Waals surface area contributed by atoms with Crippen molar-refractivity contribution in [2.45, 2.75) is 17.9 Å². The summed E-state index contributed by atoms with van der Waals surface area (Å²) in [6.45, 7) is 2.06. The average Bonchev–Trinajstić information content (AvgIpc) is 2.65. The van der Waals surface area contributed by atoms with E-state index in [1.165, 1.54) is 0 Å². The van der Waals surface area contributed by atoms with Crippen LogP contribution in [0.4, 0.5) is 0 Å². The zero-order valence-electron chi connectivity index (χ0n) is 13.1. The highest BCUT2D eigenvalue weighted by atomic mass is 32.2. The van der Waals surface area contributed by atoms with E-state index < -0.39 is 5.91 Å². The summed E-state index contributed by atoms with van der Waals surface area (Å²) in [6, 6.07) is 15.3. The van der Waals surface area contributed by atoms with Crippen LogP contribution in [-0.2, 0) is 0 Å². The number of nitrogens with zero attached hydrogens (tertiary/aromatic N) is 1. The molecule has 0 bridgehead atoms. The summed E-state index contributed by atoms with van der Waals surface area (Å²) in [5, 5.41) is 10.9. The zero-order valence-corrected chi connectivity index (χ0v) is 13.9. The molecular weight excluding hydrogens is 322 g/mol. The maximum atomic E-state index is 11.3. The van der Waals surface area contributed by atoms with Crippen LogP contribution in [0.1, 0.15) is 28.9 Å². The molecule has 1 atom stereocenters. The Balaban J connectivity index is 1.70. The molecule has 2 aromatic carbocycles. The number of carbonyl (C=O) groups is 1. The van der Waals surface area contributed by atoms with Gasteiger partial charge in [0.15, 0.2) is 0 Å². The highest BCUT2D eigenvalue weighted by molar-refractivity contribution is 7.97. The molecule has 3 aromatic rings. The molecule has 1 aromatic heterocycles. The minimum Gasteiger partial charge on any atom is -0.288 e. The molecule has 0 radical (unpaired) electrons. The second-order valence-electron chi connectivity index (χ2n) is 5.36. The molecular formula is C18H17N3O2S. The van der Waals surface area contributed by atoms with Crippen molar-refractivity contribution in [2.75, 3.05) is 0 Å². The molecule has 1 unspecified atom stereocenters. The third-order valence-corrected chi connectivity index (χ3v) is 4.81.